The molecule has 1 aromatic carbocycles. The zero-order chi connectivity index (χ0) is 27.8. The van der Waals surface area contributed by atoms with Crippen molar-refractivity contribution in [2.75, 3.05) is 19.7 Å². The van der Waals surface area contributed by atoms with Gasteiger partial charge < -0.3 is 48.5 Å². The topological polar surface area (TPSA) is 243 Å². The van der Waals surface area contributed by atoms with E-state index in [4.69, 9.17) is 22.3 Å². The molecule has 0 aromatic heterocycles. The van der Waals surface area contributed by atoms with Crippen LogP contribution in [0, 0.1) is 0 Å². The highest BCUT2D eigenvalue weighted by molar-refractivity contribution is 5.94. The maximum atomic E-state index is 13.1. The molecule has 0 aliphatic heterocycles. The number of aromatic hydroxyl groups is 1. The third-order valence-corrected chi connectivity index (χ3v) is 5.69. The lowest BCUT2D eigenvalue weighted by atomic mass is 10.0. The zero-order valence-electron chi connectivity index (χ0n) is 20.9. The van der Waals surface area contributed by atoms with E-state index in [9.17, 15) is 29.4 Å². The Hall–Kier alpha value is -3.26. The van der Waals surface area contributed by atoms with Crippen molar-refractivity contribution in [1.82, 2.24) is 16.0 Å². The van der Waals surface area contributed by atoms with E-state index >= 15 is 0 Å². The van der Waals surface area contributed by atoms with E-state index in [1.165, 1.54) is 12.1 Å². The maximum absolute atomic E-state index is 13.1. The number of nitrogens with one attached hydrogen (secondary N) is 3. The molecule has 0 saturated carbocycles. The first-order chi connectivity index (χ1) is 17.6. The van der Waals surface area contributed by atoms with Crippen LogP contribution in [-0.4, -0.2) is 82.9 Å². The van der Waals surface area contributed by atoms with Crippen LogP contribution in [-0.2, 0) is 25.6 Å². The van der Waals surface area contributed by atoms with Crippen molar-refractivity contribution in [3.8, 4) is 5.75 Å². The number of hydrogen-bond donors (Lipinski definition) is 9. The summed E-state index contributed by atoms with van der Waals surface area (Å²) in [5.41, 5.74) is 17.8. The first-order valence-electron chi connectivity index (χ1n) is 12.3. The van der Waals surface area contributed by atoms with E-state index in [1.54, 1.807) is 12.1 Å². The van der Waals surface area contributed by atoms with Gasteiger partial charge >= 0.3 is 5.97 Å². The van der Waals surface area contributed by atoms with E-state index < -0.39 is 54.5 Å². The first kappa shape index (κ1) is 31.8. The number of aliphatic carboxylic acids is 1. The fraction of sp³-hybridized carbons (Fsp3) is 0.583. The molecule has 12 N–H and O–H groups in total. The summed E-state index contributed by atoms with van der Waals surface area (Å²) in [5, 5.41) is 35.2. The van der Waals surface area contributed by atoms with Gasteiger partial charge in [0.15, 0.2) is 0 Å². The van der Waals surface area contributed by atoms with Gasteiger partial charge in [-0.2, -0.15) is 0 Å². The predicted molar refractivity (Wildman–Crippen MR) is 136 cm³/mol. The number of nitrogens with two attached hydrogens (primary N) is 3. The van der Waals surface area contributed by atoms with E-state index in [1.807, 2.05) is 0 Å². The highest BCUT2D eigenvalue weighted by Gasteiger charge is 2.29. The van der Waals surface area contributed by atoms with E-state index in [0.29, 0.717) is 38.8 Å². The molecule has 0 bridgehead atoms. The molecule has 0 aliphatic carbocycles. The van der Waals surface area contributed by atoms with Gasteiger partial charge in [-0.05, 0) is 75.7 Å². The molecule has 1 aromatic rings. The number of carbonyl (C=O) groups is 4. The van der Waals surface area contributed by atoms with Crippen molar-refractivity contribution in [2.45, 2.75) is 69.1 Å². The fourth-order valence-electron chi connectivity index (χ4n) is 3.51. The summed E-state index contributed by atoms with van der Waals surface area (Å²) in [7, 11) is 0. The monoisotopic (exact) mass is 524 g/mol. The van der Waals surface area contributed by atoms with Crippen molar-refractivity contribution in [1.29, 1.82) is 0 Å². The van der Waals surface area contributed by atoms with Crippen LogP contribution in [0.25, 0.3) is 0 Å². The molecular formula is C24H40N6O7. The highest BCUT2D eigenvalue weighted by atomic mass is 16.4. The lowest BCUT2D eigenvalue weighted by molar-refractivity contribution is -0.143. The minimum atomic E-state index is -1.53. The number of aliphatic hydroxyl groups is 1. The molecular weight excluding hydrogens is 484 g/mol. The number of amides is 3. The molecule has 0 aliphatic rings. The number of carbonyl (C=O) groups excluding carboxylic acids is 3. The number of phenols is 1. The molecule has 0 fully saturated rings. The molecule has 3 amide bonds. The zero-order valence-corrected chi connectivity index (χ0v) is 20.9. The van der Waals surface area contributed by atoms with E-state index in [2.05, 4.69) is 16.0 Å². The average molecular weight is 525 g/mol. The molecule has 208 valence electrons. The third kappa shape index (κ3) is 12.0. The second-order valence-corrected chi connectivity index (χ2v) is 8.75. The third-order valence-electron chi connectivity index (χ3n) is 5.69. The number of carboxylic acid groups (broad SMARTS) is 1. The molecule has 37 heavy (non-hydrogen) atoms. The van der Waals surface area contributed by atoms with Crippen molar-refractivity contribution < 1.29 is 34.5 Å². The Morgan fingerprint density at radius 2 is 1.22 bits per heavy atom. The summed E-state index contributed by atoms with van der Waals surface area (Å²) < 4.78 is 0. The molecule has 0 spiro atoms. The quantitative estimate of drug-likeness (QED) is 0.0961. The van der Waals surface area contributed by atoms with Gasteiger partial charge in [0.2, 0.25) is 17.7 Å². The van der Waals surface area contributed by atoms with Crippen molar-refractivity contribution in [2.24, 2.45) is 17.2 Å². The van der Waals surface area contributed by atoms with Crippen LogP contribution in [0.4, 0.5) is 0 Å². The van der Waals surface area contributed by atoms with Gasteiger partial charge in [0, 0.05) is 0 Å². The molecule has 4 unspecified atom stereocenters. The molecule has 13 nitrogen and oxygen atoms in total. The Balaban J connectivity index is 2.94. The summed E-state index contributed by atoms with van der Waals surface area (Å²) >= 11 is 0. The van der Waals surface area contributed by atoms with Crippen molar-refractivity contribution in [3.63, 3.8) is 0 Å². The van der Waals surface area contributed by atoms with Crippen LogP contribution in [0.15, 0.2) is 24.3 Å². The van der Waals surface area contributed by atoms with Gasteiger partial charge in [0.05, 0.1) is 12.6 Å². The van der Waals surface area contributed by atoms with Gasteiger partial charge in [0.25, 0.3) is 0 Å². The minimum absolute atomic E-state index is 0.0807. The van der Waals surface area contributed by atoms with Crippen LogP contribution in [0.3, 0.4) is 0 Å². The van der Waals surface area contributed by atoms with Gasteiger partial charge in [0.1, 0.15) is 23.9 Å². The van der Waals surface area contributed by atoms with Crippen molar-refractivity contribution in [3.05, 3.63) is 29.8 Å². The molecule has 0 heterocycles. The van der Waals surface area contributed by atoms with Crippen LogP contribution >= 0.6 is 0 Å². The fourth-order valence-corrected chi connectivity index (χ4v) is 3.51. The number of aliphatic hydroxyl groups excluding tert-OH is 1. The van der Waals surface area contributed by atoms with E-state index in [-0.39, 0.29) is 25.0 Å². The number of unbranched alkanes of at least 4 members (excludes halogenated alkanes) is 2. The van der Waals surface area contributed by atoms with E-state index in [0.717, 1.165) is 5.56 Å². The van der Waals surface area contributed by atoms with Crippen LogP contribution in [0.2, 0.25) is 0 Å². The lowest BCUT2D eigenvalue weighted by Crippen LogP contribution is -2.57. The largest absolute Gasteiger partial charge is 0.508 e. The number of carboxylic acids is 1. The first-order valence-corrected chi connectivity index (χ1v) is 12.3. The Kier molecular flexibility index (Phi) is 14.8. The second kappa shape index (κ2) is 17.2. The summed E-state index contributed by atoms with van der Waals surface area (Å²) in [4.78, 5) is 49.8. The minimum Gasteiger partial charge on any atom is -0.508 e. The van der Waals surface area contributed by atoms with Crippen LogP contribution < -0.4 is 33.2 Å². The molecule has 0 radical (unpaired) electrons. The molecule has 4 atom stereocenters. The molecule has 13 heteroatoms. The van der Waals surface area contributed by atoms with Crippen molar-refractivity contribution >= 4 is 23.7 Å². The Bertz CT molecular complexity index is 868. The number of benzene rings is 1. The highest BCUT2D eigenvalue weighted by Crippen LogP contribution is 2.11. The number of rotatable bonds is 18. The van der Waals surface area contributed by atoms with Crippen LogP contribution in [0.5, 0.6) is 5.75 Å². The number of phenolic OH excluding ortho intramolecular Hbond substituents is 1. The Labute approximate surface area is 216 Å². The summed E-state index contributed by atoms with van der Waals surface area (Å²) in [6.45, 7) is -0.0564. The number of hydrogen-bond acceptors (Lipinski definition) is 9. The standard InChI is InChI=1S/C24H40N6O7/c25-11-3-1-5-18(28-21(33)17(27)13-15-7-9-16(32)10-8-15)22(34)29-19(6-2-4-12-26)23(35)30-20(14-31)24(36)37/h7-10,17-20,31-32H,1-6,11-14,25-27H2,(H,28,33)(H,29,34)(H,30,35)(H,36,37). The lowest BCUT2D eigenvalue weighted by Gasteiger charge is -2.25. The molecule has 0 saturated heterocycles. The Morgan fingerprint density at radius 1 is 0.757 bits per heavy atom. The Morgan fingerprint density at radius 3 is 1.65 bits per heavy atom. The SMILES string of the molecule is NCCCCC(NC(=O)C(N)Cc1ccc(O)cc1)C(=O)NC(CCCCN)C(=O)NC(CO)C(=O)O. The summed E-state index contributed by atoms with van der Waals surface area (Å²) in [5.74, 6) is -3.32. The van der Waals surface area contributed by atoms with Gasteiger partial charge in [-0.1, -0.05) is 12.1 Å². The predicted octanol–water partition coefficient (Wildman–Crippen LogP) is -1.95. The summed E-state index contributed by atoms with van der Waals surface area (Å²) in [6.07, 6.45) is 2.78. The van der Waals surface area contributed by atoms with Crippen LogP contribution in [0.1, 0.15) is 44.1 Å². The maximum Gasteiger partial charge on any atom is 0.328 e. The van der Waals surface area contributed by atoms with Gasteiger partial charge in [-0.25, -0.2) is 4.79 Å². The normalized spacial score (nSPS) is 14.2. The smallest absolute Gasteiger partial charge is 0.328 e. The summed E-state index contributed by atoms with van der Waals surface area (Å²) in [6, 6.07) is 1.60. The second-order valence-electron chi connectivity index (χ2n) is 8.75. The van der Waals surface area contributed by atoms with Gasteiger partial charge in [-0.3, -0.25) is 14.4 Å². The average Bonchev–Trinajstić information content (AvgIpc) is 2.86. The van der Waals surface area contributed by atoms with Gasteiger partial charge in [-0.15, -0.1) is 0 Å². The molecule has 1 rings (SSSR count).